The molecule has 1 amide bonds. The fourth-order valence-electron chi connectivity index (χ4n) is 3.76. The smallest absolute Gasteiger partial charge is 0.350 e. The first-order valence-corrected chi connectivity index (χ1v) is 11.7. The molecule has 30 heavy (non-hydrogen) atoms. The van der Waals surface area contributed by atoms with Crippen molar-refractivity contribution < 1.29 is 14.3 Å². The van der Waals surface area contributed by atoms with Gasteiger partial charge >= 0.3 is 5.97 Å². The molecule has 6 heteroatoms. The molecule has 1 saturated carbocycles. The second kappa shape index (κ2) is 10.5. The summed E-state index contributed by atoms with van der Waals surface area (Å²) in [7, 11) is 1.37. The number of nitrogens with two attached hydrogens (primary N) is 1. The third-order valence-electron chi connectivity index (χ3n) is 5.53. The van der Waals surface area contributed by atoms with Crippen LogP contribution in [-0.2, 0) is 9.53 Å². The summed E-state index contributed by atoms with van der Waals surface area (Å²) >= 11 is 1.29. The summed E-state index contributed by atoms with van der Waals surface area (Å²) in [4.78, 5) is 29.1. The minimum atomic E-state index is -0.436. The predicted octanol–water partition coefficient (Wildman–Crippen LogP) is 4.83. The van der Waals surface area contributed by atoms with Crippen LogP contribution in [0.4, 0.5) is 5.69 Å². The molecule has 2 N–H and O–H groups in total. The summed E-state index contributed by atoms with van der Waals surface area (Å²) < 4.78 is 5.03. The quantitative estimate of drug-likeness (QED) is 0.516. The Morgan fingerprint density at radius 2 is 1.93 bits per heavy atom. The summed E-state index contributed by atoms with van der Waals surface area (Å²) in [5.74, 6) is 6.68. The number of ether oxygens (including phenoxy) is 1. The molecule has 0 aliphatic heterocycles. The zero-order chi connectivity index (χ0) is 22.5. The zero-order valence-electron chi connectivity index (χ0n) is 19.2. The molecule has 1 heterocycles. The van der Waals surface area contributed by atoms with Gasteiger partial charge in [-0.05, 0) is 78.3 Å². The highest BCUT2D eigenvalue weighted by molar-refractivity contribution is 7.15. The molecule has 1 atom stereocenters. The van der Waals surface area contributed by atoms with E-state index in [1.54, 1.807) is 4.90 Å². The maximum absolute atomic E-state index is 13.6. The van der Waals surface area contributed by atoms with Crippen molar-refractivity contribution >= 4 is 28.9 Å². The van der Waals surface area contributed by atoms with Gasteiger partial charge in [0.2, 0.25) is 5.91 Å². The highest BCUT2D eigenvalue weighted by atomic mass is 32.1. The number of hydrogen-bond acceptors (Lipinski definition) is 5. The van der Waals surface area contributed by atoms with Gasteiger partial charge in [-0.1, -0.05) is 18.8 Å². The van der Waals surface area contributed by atoms with Crippen LogP contribution in [0, 0.1) is 29.1 Å². The molecule has 1 unspecified atom stereocenters. The molecule has 2 rings (SSSR count). The van der Waals surface area contributed by atoms with Gasteiger partial charge in [-0.2, -0.15) is 0 Å². The monoisotopic (exact) mass is 432 g/mol. The van der Waals surface area contributed by atoms with Crippen LogP contribution in [0.25, 0.3) is 0 Å². The normalized spacial score (nSPS) is 20.1. The number of amides is 1. The van der Waals surface area contributed by atoms with E-state index in [0.717, 1.165) is 30.6 Å². The highest BCUT2D eigenvalue weighted by Crippen LogP contribution is 2.37. The number of anilines is 1. The molecule has 1 fully saturated rings. The molecule has 1 aliphatic carbocycles. The molecule has 5 nitrogen and oxygen atoms in total. The van der Waals surface area contributed by atoms with Crippen molar-refractivity contribution in [2.45, 2.75) is 72.8 Å². The lowest BCUT2D eigenvalue weighted by Crippen LogP contribution is -2.44. The van der Waals surface area contributed by atoms with Crippen LogP contribution in [0.5, 0.6) is 0 Å². The Labute approximate surface area is 185 Å². The minimum absolute atomic E-state index is 0.0177. The third-order valence-corrected chi connectivity index (χ3v) is 6.55. The van der Waals surface area contributed by atoms with E-state index in [1.807, 2.05) is 33.8 Å². The van der Waals surface area contributed by atoms with E-state index in [-0.39, 0.29) is 23.3 Å². The van der Waals surface area contributed by atoms with Crippen LogP contribution in [0.15, 0.2) is 6.07 Å². The van der Waals surface area contributed by atoms with Gasteiger partial charge in [0.05, 0.1) is 17.7 Å². The highest BCUT2D eigenvalue weighted by Gasteiger charge is 2.34. The fraction of sp³-hybridized carbons (Fsp3) is 0.667. The average Bonchev–Trinajstić information content (AvgIpc) is 3.10. The van der Waals surface area contributed by atoms with Gasteiger partial charge in [0.25, 0.3) is 0 Å². The number of thiophene rings is 1. The predicted molar refractivity (Wildman–Crippen MR) is 124 cm³/mol. The molecule has 0 spiro atoms. The van der Waals surface area contributed by atoms with Gasteiger partial charge < -0.3 is 15.4 Å². The fourth-order valence-corrected chi connectivity index (χ4v) is 4.68. The maximum Gasteiger partial charge on any atom is 0.350 e. The Hall–Kier alpha value is -1.84. The first-order valence-electron chi connectivity index (χ1n) is 10.9. The summed E-state index contributed by atoms with van der Waals surface area (Å²) in [6.07, 6.45) is 4.56. The molecule has 0 radical (unpaired) electrons. The lowest BCUT2D eigenvalue weighted by atomic mass is 9.82. The van der Waals surface area contributed by atoms with Gasteiger partial charge in [-0.25, -0.2) is 4.79 Å². The van der Waals surface area contributed by atoms with E-state index in [2.05, 4.69) is 18.8 Å². The molecule has 1 aliphatic rings. The van der Waals surface area contributed by atoms with E-state index in [0.29, 0.717) is 29.4 Å². The van der Waals surface area contributed by atoms with Crippen LogP contribution < -0.4 is 10.6 Å². The van der Waals surface area contributed by atoms with Gasteiger partial charge in [-0.15, -0.1) is 11.3 Å². The summed E-state index contributed by atoms with van der Waals surface area (Å²) in [6, 6.07) is 1.76. The van der Waals surface area contributed by atoms with Crippen molar-refractivity contribution in [2.24, 2.45) is 23.0 Å². The minimum Gasteiger partial charge on any atom is -0.465 e. The number of methoxy groups -OCH3 is 1. The molecule has 1 aromatic rings. The summed E-state index contributed by atoms with van der Waals surface area (Å²) in [5, 5.41) is 0. The van der Waals surface area contributed by atoms with Crippen molar-refractivity contribution in [3.63, 3.8) is 0 Å². The molecule has 0 aromatic carbocycles. The molecule has 0 saturated heterocycles. The Morgan fingerprint density at radius 3 is 2.47 bits per heavy atom. The molecule has 0 bridgehead atoms. The molecule has 166 valence electrons. The van der Waals surface area contributed by atoms with Crippen molar-refractivity contribution in [2.75, 3.05) is 18.6 Å². The third kappa shape index (κ3) is 6.33. The zero-order valence-corrected chi connectivity index (χ0v) is 20.0. The van der Waals surface area contributed by atoms with Crippen LogP contribution in [0.3, 0.4) is 0 Å². The van der Waals surface area contributed by atoms with Crippen LogP contribution in [0.1, 0.15) is 81.3 Å². The number of carbonyl (C=O) groups is 2. The van der Waals surface area contributed by atoms with Gasteiger partial charge in [0.1, 0.15) is 4.88 Å². The average molecular weight is 433 g/mol. The number of hydrogen-bond donors (Lipinski definition) is 1. The first kappa shape index (κ1) is 24.4. The van der Waals surface area contributed by atoms with Gasteiger partial charge in [-0.3, -0.25) is 4.79 Å². The van der Waals surface area contributed by atoms with Crippen LogP contribution >= 0.6 is 11.3 Å². The largest absolute Gasteiger partial charge is 0.465 e. The Morgan fingerprint density at radius 1 is 1.30 bits per heavy atom. The lowest BCUT2D eigenvalue weighted by Gasteiger charge is -2.34. The van der Waals surface area contributed by atoms with E-state index < -0.39 is 5.97 Å². The van der Waals surface area contributed by atoms with Crippen molar-refractivity contribution in [3.05, 3.63) is 15.8 Å². The van der Waals surface area contributed by atoms with Crippen molar-refractivity contribution in [3.8, 4) is 11.8 Å². The van der Waals surface area contributed by atoms with Crippen LogP contribution in [-0.4, -0.2) is 31.6 Å². The first-order chi connectivity index (χ1) is 14.1. The Kier molecular flexibility index (Phi) is 8.52. The van der Waals surface area contributed by atoms with E-state index in [9.17, 15) is 9.59 Å². The SMILES string of the molecule is COC(=O)c1sc(C#CC(C)(C)C)cc1N(C(=O)C1CCC(C)CC1)C(C)CCN. The second-order valence-corrected chi connectivity index (χ2v) is 10.5. The van der Waals surface area contributed by atoms with Crippen molar-refractivity contribution in [1.82, 2.24) is 0 Å². The topological polar surface area (TPSA) is 72.6 Å². The number of esters is 1. The molecular formula is C24H36N2O3S. The van der Waals surface area contributed by atoms with E-state index in [1.165, 1.54) is 18.4 Å². The van der Waals surface area contributed by atoms with Crippen LogP contribution in [0.2, 0.25) is 0 Å². The van der Waals surface area contributed by atoms with Gasteiger partial charge in [0.15, 0.2) is 0 Å². The molecule has 1 aromatic heterocycles. The Balaban J connectivity index is 2.49. The number of rotatable bonds is 6. The maximum atomic E-state index is 13.6. The standard InChI is InChI=1S/C24H36N2O3S/c1-16-7-9-18(10-8-16)22(27)26(17(2)12-14-25)20-15-19(11-13-24(3,4)5)30-21(20)23(28)29-6/h15-18H,7-10,12,14,25H2,1-6H3. The number of carbonyl (C=O) groups excluding carboxylic acids is 2. The molecular weight excluding hydrogens is 396 g/mol. The Bertz CT molecular complexity index is 805. The van der Waals surface area contributed by atoms with Crippen molar-refractivity contribution in [1.29, 1.82) is 0 Å². The lowest BCUT2D eigenvalue weighted by molar-refractivity contribution is -0.124. The summed E-state index contributed by atoms with van der Waals surface area (Å²) in [6.45, 7) is 10.8. The summed E-state index contributed by atoms with van der Waals surface area (Å²) in [5.41, 5.74) is 6.27. The van der Waals surface area contributed by atoms with E-state index >= 15 is 0 Å². The van der Waals surface area contributed by atoms with E-state index in [4.69, 9.17) is 10.5 Å². The number of nitrogens with zero attached hydrogens (tertiary/aromatic N) is 1. The van der Waals surface area contributed by atoms with Gasteiger partial charge in [0, 0.05) is 17.4 Å². The second-order valence-electron chi connectivity index (χ2n) is 9.41.